The van der Waals surface area contributed by atoms with Crippen molar-refractivity contribution < 1.29 is 50.9 Å². The minimum atomic E-state index is -5.08. The number of halogens is 6. The number of benzene rings is 1. The lowest BCUT2D eigenvalue weighted by Crippen LogP contribution is -2.46. The third-order valence-corrected chi connectivity index (χ3v) is 6.13. The van der Waals surface area contributed by atoms with E-state index in [-0.39, 0.29) is 0 Å². The van der Waals surface area contributed by atoms with Gasteiger partial charge in [0, 0.05) is 63.9 Å². The highest BCUT2D eigenvalue weighted by atomic mass is 19.4. The predicted octanol–water partition coefficient (Wildman–Crippen LogP) is 3.73. The van der Waals surface area contributed by atoms with E-state index < -0.39 is 24.3 Å². The third kappa shape index (κ3) is 9.06. The highest BCUT2D eigenvalue weighted by molar-refractivity contribution is 5.73. The summed E-state index contributed by atoms with van der Waals surface area (Å²) in [5.74, 6) is -3.68. The molecule has 238 valence electrons. The van der Waals surface area contributed by atoms with Crippen molar-refractivity contribution in [1.29, 1.82) is 0 Å². The lowest BCUT2D eigenvalue weighted by Gasteiger charge is -2.35. The molecule has 12 nitrogen and oxygen atoms in total. The summed E-state index contributed by atoms with van der Waals surface area (Å²) in [6.07, 6.45) is -0.581. The molecule has 0 aliphatic carbocycles. The number of ether oxygens (including phenoxy) is 1. The Hall–Kier alpha value is -4.87. The Morgan fingerprint density at radius 1 is 0.909 bits per heavy atom. The van der Waals surface area contributed by atoms with Crippen molar-refractivity contribution in [2.75, 3.05) is 38.2 Å². The van der Waals surface area contributed by atoms with Crippen LogP contribution in [0.1, 0.15) is 5.56 Å². The predicted molar refractivity (Wildman–Crippen MR) is 143 cm³/mol. The summed E-state index contributed by atoms with van der Waals surface area (Å²) in [6, 6.07) is 8.32. The van der Waals surface area contributed by atoms with E-state index in [1.165, 1.54) is 5.56 Å². The van der Waals surface area contributed by atoms with Crippen LogP contribution in [0.25, 0.3) is 16.9 Å². The SMILES string of the molecule is COc1ccc(CN2CCN(c3nccn4c(-c5cnn(C)c5)cnc34)CC2)cc1.O=C(O)C(F)(F)F.O=C(O)C(F)(F)F. The Kier molecular flexibility index (Phi) is 10.8. The van der Waals surface area contributed by atoms with Gasteiger partial charge in [-0.2, -0.15) is 31.4 Å². The van der Waals surface area contributed by atoms with Crippen molar-refractivity contribution in [3.05, 3.63) is 60.8 Å². The van der Waals surface area contributed by atoms with Gasteiger partial charge in [-0.05, 0) is 17.7 Å². The largest absolute Gasteiger partial charge is 0.497 e. The van der Waals surface area contributed by atoms with Crippen molar-refractivity contribution in [1.82, 2.24) is 29.0 Å². The Morgan fingerprint density at radius 2 is 1.48 bits per heavy atom. The first-order valence-corrected chi connectivity index (χ1v) is 12.6. The number of hydrogen-bond acceptors (Lipinski definition) is 8. The molecule has 5 rings (SSSR count). The maximum Gasteiger partial charge on any atom is 0.490 e. The van der Waals surface area contributed by atoms with Crippen LogP contribution in [0, 0.1) is 0 Å². The number of piperazine rings is 1. The monoisotopic (exact) mass is 631 g/mol. The fourth-order valence-electron chi connectivity index (χ4n) is 4.00. The molecule has 4 heterocycles. The van der Waals surface area contributed by atoms with Gasteiger partial charge in [0.1, 0.15) is 5.75 Å². The Bertz CT molecular complexity index is 1520. The van der Waals surface area contributed by atoms with E-state index in [9.17, 15) is 26.3 Å². The van der Waals surface area contributed by atoms with Gasteiger partial charge in [0.2, 0.25) is 0 Å². The Labute approximate surface area is 245 Å². The average Bonchev–Trinajstić information content (AvgIpc) is 3.59. The van der Waals surface area contributed by atoms with E-state index in [2.05, 4.69) is 41.4 Å². The van der Waals surface area contributed by atoms with Crippen LogP contribution >= 0.6 is 0 Å². The molecule has 18 heteroatoms. The molecule has 1 aliphatic rings. The zero-order valence-corrected chi connectivity index (χ0v) is 23.2. The number of carbonyl (C=O) groups is 2. The highest BCUT2D eigenvalue weighted by Gasteiger charge is 2.38. The van der Waals surface area contributed by atoms with Crippen LogP contribution in [0.15, 0.2) is 55.2 Å². The molecule has 3 aromatic heterocycles. The topological polar surface area (TPSA) is 138 Å². The number of aromatic nitrogens is 5. The average molecular weight is 632 g/mol. The molecular weight excluding hydrogens is 604 g/mol. The molecule has 1 aromatic carbocycles. The molecule has 1 saturated heterocycles. The molecule has 0 bridgehead atoms. The fraction of sp³-hybridized carbons (Fsp3) is 0.346. The van der Waals surface area contributed by atoms with Crippen molar-refractivity contribution in [3.63, 3.8) is 0 Å². The second kappa shape index (κ2) is 14.1. The number of carboxylic acids is 2. The Balaban J connectivity index is 0.000000317. The summed E-state index contributed by atoms with van der Waals surface area (Å²) in [7, 11) is 3.62. The van der Waals surface area contributed by atoms with Gasteiger partial charge in [-0.1, -0.05) is 12.1 Å². The lowest BCUT2D eigenvalue weighted by molar-refractivity contribution is -0.193. The molecule has 1 fully saturated rings. The van der Waals surface area contributed by atoms with Crippen LogP contribution in [0.2, 0.25) is 0 Å². The van der Waals surface area contributed by atoms with E-state index in [4.69, 9.17) is 24.5 Å². The fourth-order valence-corrected chi connectivity index (χ4v) is 4.00. The smallest absolute Gasteiger partial charge is 0.490 e. The Morgan fingerprint density at radius 3 is 1.95 bits per heavy atom. The molecule has 44 heavy (non-hydrogen) atoms. The first-order valence-electron chi connectivity index (χ1n) is 12.6. The van der Waals surface area contributed by atoms with E-state index >= 15 is 0 Å². The number of aryl methyl sites for hydroxylation is 1. The summed E-state index contributed by atoms with van der Waals surface area (Å²) in [5, 5.41) is 18.5. The van der Waals surface area contributed by atoms with Crippen molar-refractivity contribution >= 4 is 23.4 Å². The maximum absolute atomic E-state index is 10.6. The normalized spacial score (nSPS) is 13.9. The van der Waals surface area contributed by atoms with Gasteiger partial charge < -0.3 is 19.8 Å². The number of aliphatic carboxylic acids is 2. The summed E-state index contributed by atoms with van der Waals surface area (Å²) in [6.45, 7) is 4.79. The number of nitrogens with zero attached hydrogens (tertiary/aromatic N) is 7. The standard InChI is InChI=1S/C22H25N7O.2C2HF3O2/c1-26-16-18(13-25-26)20-14-24-22-21(23-7-8-29(20)22)28-11-9-27(10-12-28)15-17-3-5-19(30-2)6-4-17;2*3-2(4,5)1(6)7/h3-8,13-14,16H,9-12,15H2,1-2H3;2*(H,6,7). The van der Waals surface area contributed by atoms with Crippen molar-refractivity contribution in [2.45, 2.75) is 18.9 Å². The van der Waals surface area contributed by atoms with Crippen LogP contribution < -0.4 is 9.64 Å². The molecule has 0 amide bonds. The maximum atomic E-state index is 10.6. The lowest BCUT2D eigenvalue weighted by atomic mass is 10.2. The summed E-state index contributed by atoms with van der Waals surface area (Å²) < 4.78 is 72.6. The van der Waals surface area contributed by atoms with Crippen molar-refractivity contribution in [2.24, 2.45) is 7.05 Å². The molecule has 0 radical (unpaired) electrons. The first kappa shape index (κ1) is 33.6. The van der Waals surface area contributed by atoms with Gasteiger partial charge in [-0.25, -0.2) is 19.6 Å². The van der Waals surface area contributed by atoms with E-state index in [0.717, 1.165) is 61.2 Å². The highest BCUT2D eigenvalue weighted by Crippen LogP contribution is 2.26. The van der Waals surface area contributed by atoms with Gasteiger partial charge in [-0.15, -0.1) is 0 Å². The second-order valence-corrected chi connectivity index (χ2v) is 9.21. The molecule has 2 N–H and O–H groups in total. The first-order chi connectivity index (χ1) is 20.6. The third-order valence-electron chi connectivity index (χ3n) is 6.13. The van der Waals surface area contributed by atoms with Crippen LogP contribution in [0.5, 0.6) is 5.75 Å². The number of fused-ring (bicyclic) bond motifs is 1. The summed E-state index contributed by atoms with van der Waals surface area (Å²) >= 11 is 0. The van der Waals surface area contributed by atoms with E-state index in [0.29, 0.717) is 0 Å². The van der Waals surface area contributed by atoms with Crippen LogP contribution in [-0.4, -0.2) is 96.8 Å². The molecular formula is C26H27F6N7O5. The van der Waals surface area contributed by atoms with Crippen LogP contribution in [-0.2, 0) is 23.2 Å². The second-order valence-electron chi connectivity index (χ2n) is 9.21. The number of anilines is 1. The molecule has 4 aromatic rings. The van der Waals surface area contributed by atoms with Gasteiger partial charge in [0.25, 0.3) is 0 Å². The number of rotatable bonds is 5. The zero-order valence-electron chi connectivity index (χ0n) is 23.2. The van der Waals surface area contributed by atoms with Gasteiger partial charge >= 0.3 is 24.3 Å². The van der Waals surface area contributed by atoms with Gasteiger partial charge in [0.05, 0.1) is 25.2 Å². The molecule has 0 unspecified atom stereocenters. The quantitative estimate of drug-likeness (QED) is 0.314. The van der Waals surface area contributed by atoms with E-state index in [1.807, 2.05) is 50.2 Å². The molecule has 0 saturated carbocycles. The van der Waals surface area contributed by atoms with Crippen molar-refractivity contribution in [3.8, 4) is 17.0 Å². The number of carboxylic acid groups (broad SMARTS) is 2. The number of hydrogen-bond donors (Lipinski definition) is 2. The minimum Gasteiger partial charge on any atom is -0.497 e. The summed E-state index contributed by atoms with van der Waals surface area (Å²) in [4.78, 5) is 31.9. The summed E-state index contributed by atoms with van der Waals surface area (Å²) in [5.41, 5.74) is 4.27. The molecule has 0 spiro atoms. The molecule has 1 aliphatic heterocycles. The van der Waals surface area contributed by atoms with E-state index in [1.54, 1.807) is 11.8 Å². The number of methoxy groups -OCH3 is 1. The number of alkyl halides is 6. The van der Waals surface area contributed by atoms with Gasteiger partial charge in [-0.3, -0.25) is 14.0 Å². The van der Waals surface area contributed by atoms with Gasteiger partial charge in [0.15, 0.2) is 11.5 Å². The van der Waals surface area contributed by atoms with Crippen LogP contribution in [0.4, 0.5) is 32.2 Å². The zero-order chi connectivity index (χ0) is 32.7. The number of imidazole rings is 1. The molecule has 0 atom stereocenters. The minimum absolute atomic E-state index is 0.889. The van der Waals surface area contributed by atoms with Crippen LogP contribution in [0.3, 0.4) is 0 Å².